The van der Waals surface area contributed by atoms with E-state index < -0.39 is 0 Å². The summed E-state index contributed by atoms with van der Waals surface area (Å²) in [6, 6.07) is 10.4. The predicted molar refractivity (Wildman–Crippen MR) is 85.3 cm³/mol. The molecule has 0 saturated carbocycles. The van der Waals surface area contributed by atoms with Crippen molar-refractivity contribution >= 4 is 29.6 Å². The van der Waals surface area contributed by atoms with Crippen LogP contribution in [0.15, 0.2) is 59.4 Å². The van der Waals surface area contributed by atoms with E-state index in [9.17, 15) is 0 Å². The van der Waals surface area contributed by atoms with Gasteiger partial charge in [0.1, 0.15) is 6.33 Å². The zero-order valence-electron chi connectivity index (χ0n) is 10.6. The van der Waals surface area contributed by atoms with Crippen molar-refractivity contribution < 1.29 is 0 Å². The molecular weight excluding hydrogens is 272 g/mol. The Morgan fingerprint density at radius 3 is 2.58 bits per heavy atom. The molecule has 0 atom stereocenters. The van der Waals surface area contributed by atoms with Crippen molar-refractivity contribution in [2.24, 2.45) is 0 Å². The van der Waals surface area contributed by atoms with Crippen molar-refractivity contribution in [3.63, 3.8) is 0 Å². The van der Waals surface area contributed by atoms with Gasteiger partial charge in [-0.15, -0.1) is 23.5 Å². The molecule has 1 aromatic heterocycles. The Morgan fingerprint density at radius 1 is 1.00 bits per heavy atom. The Kier molecular flexibility index (Phi) is 6.54. The van der Waals surface area contributed by atoms with Crippen molar-refractivity contribution in [1.82, 2.24) is 9.97 Å². The summed E-state index contributed by atoms with van der Waals surface area (Å²) < 4.78 is 0. The first-order valence-corrected chi connectivity index (χ1v) is 8.19. The molecule has 0 radical (unpaired) electrons. The average molecular weight is 288 g/mol. The lowest BCUT2D eigenvalue weighted by Crippen LogP contribution is -1.84. The number of nitrogens with zero attached hydrogens (tertiary/aromatic N) is 2. The standard InChI is InChI=1S/C15H16N2S2/c1-2-5-14(6-3-1)7-10-18-8-4-9-19-15-11-16-13-17-12-15/h1-3,5-7,10-13H,4,8-9H2/b10-7+. The lowest BCUT2D eigenvalue weighted by atomic mass is 10.2. The highest BCUT2D eigenvalue weighted by atomic mass is 32.2. The van der Waals surface area contributed by atoms with E-state index in [4.69, 9.17) is 0 Å². The van der Waals surface area contributed by atoms with Crippen molar-refractivity contribution in [2.75, 3.05) is 11.5 Å². The quantitative estimate of drug-likeness (QED) is 0.558. The molecule has 0 aliphatic heterocycles. The Morgan fingerprint density at radius 2 is 1.79 bits per heavy atom. The van der Waals surface area contributed by atoms with Crippen LogP contribution >= 0.6 is 23.5 Å². The second-order valence-electron chi connectivity index (χ2n) is 3.86. The number of aromatic nitrogens is 2. The second kappa shape index (κ2) is 8.77. The number of benzene rings is 1. The van der Waals surface area contributed by atoms with Gasteiger partial charge in [-0.2, -0.15) is 0 Å². The molecule has 0 aliphatic rings. The third-order valence-electron chi connectivity index (χ3n) is 2.37. The Hall–Kier alpha value is -1.26. The molecule has 4 heteroatoms. The maximum absolute atomic E-state index is 4.00. The Bertz CT molecular complexity index is 486. The van der Waals surface area contributed by atoms with Crippen LogP contribution in [-0.2, 0) is 0 Å². The monoisotopic (exact) mass is 288 g/mol. The van der Waals surface area contributed by atoms with Gasteiger partial charge < -0.3 is 0 Å². The lowest BCUT2D eigenvalue weighted by Gasteiger charge is -1.99. The van der Waals surface area contributed by atoms with Crippen molar-refractivity contribution in [3.05, 3.63) is 60.0 Å². The molecule has 19 heavy (non-hydrogen) atoms. The van der Waals surface area contributed by atoms with Gasteiger partial charge in [-0.1, -0.05) is 30.3 Å². The van der Waals surface area contributed by atoms with Crippen LogP contribution in [0.4, 0.5) is 0 Å². The number of hydrogen-bond acceptors (Lipinski definition) is 4. The van der Waals surface area contributed by atoms with Gasteiger partial charge in [0, 0.05) is 17.3 Å². The van der Waals surface area contributed by atoms with Crippen LogP contribution in [0.2, 0.25) is 0 Å². The second-order valence-corrected chi connectivity index (χ2v) is 6.04. The van der Waals surface area contributed by atoms with Gasteiger partial charge in [0.25, 0.3) is 0 Å². The zero-order chi connectivity index (χ0) is 13.2. The highest BCUT2D eigenvalue weighted by Gasteiger charge is 1.93. The molecule has 0 fully saturated rings. The first-order chi connectivity index (χ1) is 9.45. The summed E-state index contributed by atoms with van der Waals surface area (Å²) in [5, 5.41) is 2.17. The molecule has 1 aromatic carbocycles. The lowest BCUT2D eigenvalue weighted by molar-refractivity contribution is 1.08. The average Bonchev–Trinajstić information content (AvgIpc) is 2.48. The normalized spacial score (nSPS) is 10.9. The van der Waals surface area contributed by atoms with Crippen LogP contribution in [0.3, 0.4) is 0 Å². The molecular formula is C15H16N2S2. The highest BCUT2D eigenvalue weighted by Crippen LogP contribution is 2.17. The van der Waals surface area contributed by atoms with Gasteiger partial charge in [0.15, 0.2) is 0 Å². The summed E-state index contributed by atoms with van der Waals surface area (Å²) in [6.07, 6.45) is 8.63. The summed E-state index contributed by atoms with van der Waals surface area (Å²) in [4.78, 5) is 9.14. The minimum atomic E-state index is 1.11. The number of thioether (sulfide) groups is 2. The molecule has 0 N–H and O–H groups in total. The van der Waals surface area contributed by atoms with E-state index in [2.05, 4.69) is 45.7 Å². The maximum Gasteiger partial charge on any atom is 0.115 e. The van der Waals surface area contributed by atoms with E-state index in [0.29, 0.717) is 0 Å². The minimum Gasteiger partial charge on any atom is -0.244 e. The van der Waals surface area contributed by atoms with Gasteiger partial charge in [-0.3, -0.25) is 0 Å². The first kappa shape index (κ1) is 14.2. The molecule has 0 amide bonds. The zero-order valence-corrected chi connectivity index (χ0v) is 12.2. The molecule has 1 heterocycles. The summed E-state index contributed by atoms with van der Waals surface area (Å²) in [5.74, 6) is 2.25. The molecule has 2 rings (SSSR count). The number of rotatable bonds is 7. The molecule has 2 aromatic rings. The van der Waals surface area contributed by atoms with Crippen LogP contribution < -0.4 is 0 Å². The maximum atomic E-state index is 4.00. The van der Waals surface area contributed by atoms with Crippen LogP contribution in [0.5, 0.6) is 0 Å². The molecule has 0 spiro atoms. The van der Waals surface area contributed by atoms with E-state index in [0.717, 1.165) is 16.4 Å². The van der Waals surface area contributed by atoms with Crippen LogP contribution in [-0.4, -0.2) is 21.5 Å². The van der Waals surface area contributed by atoms with Gasteiger partial charge in [0.2, 0.25) is 0 Å². The molecule has 0 aliphatic carbocycles. The smallest absolute Gasteiger partial charge is 0.115 e. The Labute approximate surface area is 122 Å². The summed E-state index contributed by atoms with van der Waals surface area (Å²) in [5.41, 5.74) is 1.26. The largest absolute Gasteiger partial charge is 0.244 e. The third-order valence-corrected chi connectivity index (χ3v) is 4.26. The highest BCUT2D eigenvalue weighted by molar-refractivity contribution is 8.02. The van der Waals surface area contributed by atoms with E-state index in [1.807, 2.05) is 42.0 Å². The summed E-state index contributed by atoms with van der Waals surface area (Å²) in [6.45, 7) is 0. The summed E-state index contributed by atoms with van der Waals surface area (Å²) in [7, 11) is 0. The van der Waals surface area contributed by atoms with Gasteiger partial charge in [-0.25, -0.2) is 9.97 Å². The number of hydrogen-bond donors (Lipinski definition) is 0. The van der Waals surface area contributed by atoms with Crippen LogP contribution in [0.25, 0.3) is 6.08 Å². The van der Waals surface area contributed by atoms with E-state index in [-0.39, 0.29) is 0 Å². The predicted octanol–water partition coefficient (Wildman–Crippen LogP) is 4.36. The van der Waals surface area contributed by atoms with E-state index in [1.54, 1.807) is 6.33 Å². The third kappa shape index (κ3) is 5.94. The van der Waals surface area contributed by atoms with Gasteiger partial charge >= 0.3 is 0 Å². The summed E-state index contributed by atoms with van der Waals surface area (Å²) >= 11 is 3.67. The fourth-order valence-electron chi connectivity index (χ4n) is 1.45. The fraction of sp³-hybridized carbons (Fsp3) is 0.200. The fourth-order valence-corrected chi connectivity index (χ4v) is 3.13. The Balaban J connectivity index is 1.56. The molecule has 98 valence electrons. The molecule has 0 unspecified atom stereocenters. The van der Waals surface area contributed by atoms with Crippen molar-refractivity contribution in [1.29, 1.82) is 0 Å². The minimum absolute atomic E-state index is 1.11. The van der Waals surface area contributed by atoms with Crippen LogP contribution in [0.1, 0.15) is 12.0 Å². The van der Waals surface area contributed by atoms with Crippen molar-refractivity contribution in [2.45, 2.75) is 11.3 Å². The van der Waals surface area contributed by atoms with Gasteiger partial charge in [0.05, 0.1) is 0 Å². The SMILES string of the molecule is C(=C\c1ccccc1)/SCCCSc1cncnc1. The van der Waals surface area contributed by atoms with Crippen LogP contribution in [0, 0.1) is 0 Å². The first-order valence-electron chi connectivity index (χ1n) is 6.16. The van der Waals surface area contributed by atoms with Crippen molar-refractivity contribution in [3.8, 4) is 0 Å². The molecule has 2 nitrogen and oxygen atoms in total. The van der Waals surface area contributed by atoms with E-state index in [1.165, 1.54) is 12.0 Å². The topological polar surface area (TPSA) is 25.8 Å². The van der Waals surface area contributed by atoms with E-state index >= 15 is 0 Å². The molecule has 0 bridgehead atoms. The molecule has 0 saturated heterocycles. The van der Waals surface area contributed by atoms with Gasteiger partial charge in [-0.05, 0) is 35.0 Å².